The molecule has 0 aliphatic rings. The molecule has 0 heterocycles. The van der Waals surface area contributed by atoms with E-state index in [0.29, 0.717) is 12.8 Å². The summed E-state index contributed by atoms with van der Waals surface area (Å²) in [5.41, 5.74) is 0.852. The van der Waals surface area contributed by atoms with Gasteiger partial charge >= 0.3 is 5.97 Å². The van der Waals surface area contributed by atoms with Crippen LogP contribution in [-0.2, 0) is 9.53 Å². The maximum atomic E-state index is 13.1. The zero-order chi connectivity index (χ0) is 20.9. The van der Waals surface area contributed by atoms with E-state index in [2.05, 4.69) is 53.3 Å². The zero-order valence-electron chi connectivity index (χ0n) is 17.6. The van der Waals surface area contributed by atoms with Crippen LogP contribution in [0.5, 0.6) is 0 Å². The molecule has 0 amide bonds. The summed E-state index contributed by atoms with van der Waals surface area (Å²) >= 11 is 0. The summed E-state index contributed by atoms with van der Waals surface area (Å²) in [7, 11) is 1.43. The molecular weight excluding hydrogens is 372 g/mol. The molecular formula is C27H28O3. The third-order valence-corrected chi connectivity index (χ3v) is 6.07. The summed E-state index contributed by atoms with van der Waals surface area (Å²) in [5, 5.41) is 7.10. The number of esters is 1. The molecule has 0 bridgehead atoms. The average molecular weight is 401 g/mol. The third-order valence-electron chi connectivity index (χ3n) is 6.07. The van der Waals surface area contributed by atoms with Crippen LogP contribution in [0.1, 0.15) is 61.7 Å². The molecule has 4 rings (SSSR count). The van der Waals surface area contributed by atoms with Crippen molar-refractivity contribution in [1.82, 2.24) is 0 Å². The highest BCUT2D eigenvalue weighted by Gasteiger charge is 2.15. The first kappa shape index (κ1) is 20.3. The quantitative estimate of drug-likeness (QED) is 0.124. The predicted molar refractivity (Wildman–Crippen MR) is 123 cm³/mol. The van der Waals surface area contributed by atoms with Gasteiger partial charge in [0.1, 0.15) is 0 Å². The smallest absolute Gasteiger partial charge is 0.305 e. The Kier molecular flexibility index (Phi) is 6.27. The van der Waals surface area contributed by atoms with Crippen LogP contribution in [0, 0.1) is 0 Å². The lowest BCUT2D eigenvalue weighted by atomic mass is 9.89. The summed E-state index contributed by atoms with van der Waals surface area (Å²) in [5.74, 6) is 0.105. The number of hydrogen-bond acceptors (Lipinski definition) is 3. The summed E-state index contributed by atoms with van der Waals surface area (Å²) in [6.45, 7) is 0. The van der Waals surface area contributed by atoms with Crippen LogP contribution in [0.3, 0.4) is 0 Å². The Morgan fingerprint density at radius 3 is 2.03 bits per heavy atom. The SMILES string of the molecule is COC(=O)CCCCCCCCC(=O)c1cc2cccc3ccc4cccc1c4c32. The van der Waals surface area contributed by atoms with Crippen LogP contribution in [0.25, 0.3) is 32.3 Å². The molecule has 0 unspecified atom stereocenters. The number of carbonyl (C=O) groups is 2. The van der Waals surface area contributed by atoms with Gasteiger partial charge in [-0.25, -0.2) is 0 Å². The van der Waals surface area contributed by atoms with Crippen molar-refractivity contribution in [2.45, 2.75) is 51.4 Å². The summed E-state index contributed by atoms with van der Waals surface area (Å²) in [6.07, 6.45) is 7.17. The molecule has 154 valence electrons. The van der Waals surface area contributed by atoms with E-state index in [9.17, 15) is 9.59 Å². The molecule has 0 saturated heterocycles. The summed E-state index contributed by atoms with van der Waals surface area (Å²) in [6, 6.07) is 19.0. The van der Waals surface area contributed by atoms with E-state index in [4.69, 9.17) is 0 Å². The van der Waals surface area contributed by atoms with Crippen LogP contribution in [-0.4, -0.2) is 18.9 Å². The minimum absolute atomic E-state index is 0.131. The average Bonchev–Trinajstić information content (AvgIpc) is 2.78. The van der Waals surface area contributed by atoms with Crippen LogP contribution < -0.4 is 0 Å². The number of hydrogen-bond donors (Lipinski definition) is 0. The Hall–Kier alpha value is -2.94. The van der Waals surface area contributed by atoms with E-state index in [1.807, 2.05) is 6.07 Å². The highest BCUT2D eigenvalue weighted by molar-refractivity contribution is 6.27. The van der Waals surface area contributed by atoms with Gasteiger partial charge in [-0.15, -0.1) is 0 Å². The molecule has 30 heavy (non-hydrogen) atoms. The van der Waals surface area contributed by atoms with Crippen LogP contribution >= 0.6 is 0 Å². The normalized spacial score (nSPS) is 11.5. The topological polar surface area (TPSA) is 43.4 Å². The molecule has 0 aliphatic carbocycles. The largest absolute Gasteiger partial charge is 0.469 e. The maximum absolute atomic E-state index is 13.1. The van der Waals surface area contributed by atoms with Gasteiger partial charge in [-0.05, 0) is 51.2 Å². The fourth-order valence-corrected chi connectivity index (χ4v) is 4.49. The van der Waals surface area contributed by atoms with Crippen molar-refractivity contribution in [1.29, 1.82) is 0 Å². The van der Waals surface area contributed by atoms with Gasteiger partial charge < -0.3 is 4.74 Å². The molecule has 3 heteroatoms. The molecule has 0 spiro atoms. The van der Waals surface area contributed by atoms with Gasteiger partial charge in [0, 0.05) is 18.4 Å². The lowest BCUT2D eigenvalue weighted by molar-refractivity contribution is -0.140. The number of methoxy groups -OCH3 is 1. The van der Waals surface area contributed by atoms with E-state index in [1.165, 1.54) is 28.7 Å². The van der Waals surface area contributed by atoms with Gasteiger partial charge in [0.2, 0.25) is 0 Å². The van der Waals surface area contributed by atoms with Crippen molar-refractivity contribution in [2.75, 3.05) is 7.11 Å². The predicted octanol–water partition coefficient (Wildman–Crippen LogP) is 7.06. The number of carbonyl (C=O) groups excluding carboxylic acids is 2. The fourth-order valence-electron chi connectivity index (χ4n) is 4.49. The molecule has 0 aliphatic heterocycles. The first-order chi connectivity index (χ1) is 14.7. The van der Waals surface area contributed by atoms with Crippen LogP contribution in [0.15, 0.2) is 54.6 Å². The van der Waals surface area contributed by atoms with Crippen LogP contribution in [0.4, 0.5) is 0 Å². The van der Waals surface area contributed by atoms with Crippen molar-refractivity contribution in [3.63, 3.8) is 0 Å². The number of Topliss-reactive ketones (excluding diaryl/α,β-unsaturated/α-hetero) is 1. The van der Waals surface area contributed by atoms with Crippen molar-refractivity contribution >= 4 is 44.1 Å². The zero-order valence-corrected chi connectivity index (χ0v) is 17.6. The molecule has 0 radical (unpaired) electrons. The maximum Gasteiger partial charge on any atom is 0.305 e. The second-order valence-corrected chi connectivity index (χ2v) is 8.09. The van der Waals surface area contributed by atoms with Crippen LogP contribution in [0.2, 0.25) is 0 Å². The minimum Gasteiger partial charge on any atom is -0.469 e. The first-order valence-electron chi connectivity index (χ1n) is 11.0. The highest BCUT2D eigenvalue weighted by atomic mass is 16.5. The molecule has 0 N–H and O–H groups in total. The molecule has 4 aromatic rings. The van der Waals surface area contributed by atoms with E-state index in [0.717, 1.165) is 54.9 Å². The number of ketones is 1. The molecule has 0 saturated carbocycles. The van der Waals surface area contributed by atoms with E-state index >= 15 is 0 Å². The highest BCUT2D eigenvalue weighted by Crippen LogP contribution is 2.36. The Morgan fingerprint density at radius 1 is 0.700 bits per heavy atom. The Morgan fingerprint density at radius 2 is 1.30 bits per heavy atom. The number of benzene rings is 4. The van der Waals surface area contributed by atoms with E-state index in [1.54, 1.807) is 0 Å². The number of ether oxygens (including phenoxy) is 1. The van der Waals surface area contributed by atoms with Crippen molar-refractivity contribution in [3.8, 4) is 0 Å². The summed E-state index contributed by atoms with van der Waals surface area (Å²) in [4.78, 5) is 24.2. The van der Waals surface area contributed by atoms with E-state index in [-0.39, 0.29) is 11.8 Å². The molecule has 0 fully saturated rings. The third kappa shape index (κ3) is 4.16. The number of unbranched alkanes of at least 4 members (excludes halogenated alkanes) is 5. The van der Waals surface area contributed by atoms with Gasteiger partial charge in [0.25, 0.3) is 0 Å². The molecule has 0 aromatic heterocycles. The first-order valence-corrected chi connectivity index (χ1v) is 11.0. The Balaban J connectivity index is 1.41. The lowest BCUT2D eigenvalue weighted by Gasteiger charge is -2.14. The van der Waals surface area contributed by atoms with E-state index < -0.39 is 0 Å². The Labute approximate surface area is 177 Å². The second kappa shape index (κ2) is 9.25. The van der Waals surface area contributed by atoms with Gasteiger partial charge in [-0.1, -0.05) is 74.2 Å². The molecule has 4 aromatic carbocycles. The molecule has 0 atom stereocenters. The van der Waals surface area contributed by atoms with Gasteiger partial charge in [-0.2, -0.15) is 0 Å². The van der Waals surface area contributed by atoms with Crippen molar-refractivity contribution in [3.05, 3.63) is 60.2 Å². The standard InChI is InChI=1S/C27H28O3/c1-30-25(29)15-7-5-3-2-4-6-14-24(28)23-18-21-12-8-10-19-16-17-20-11-9-13-22(23)27(20)26(19)21/h8-13,16-18H,2-7,14-15H2,1H3. The van der Waals surface area contributed by atoms with Gasteiger partial charge in [0.15, 0.2) is 5.78 Å². The van der Waals surface area contributed by atoms with Gasteiger partial charge in [0.05, 0.1) is 7.11 Å². The second-order valence-electron chi connectivity index (χ2n) is 8.09. The Bertz CT molecular complexity index is 1170. The van der Waals surface area contributed by atoms with Crippen molar-refractivity contribution in [2.24, 2.45) is 0 Å². The monoisotopic (exact) mass is 400 g/mol. The minimum atomic E-state index is -0.131. The van der Waals surface area contributed by atoms with Gasteiger partial charge in [-0.3, -0.25) is 9.59 Å². The lowest BCUT2D eigenvalue weighted by Crippen LogP contribution is -2.01. The number of rotatable bonds is 10. The van der Waals surface area contributed by atoms with Crippen molar-refractivity contribution < 1.29 is 14.3 Å². The molecule has 3 nitrogen and oxygen atoms in total. The fraction of sp³-hybridized carbons (Fsp3) is 0.333. The summed E-state index contributed by atoms with van der Waals surface area (Å²) < 4.78 is 4.66.